The van der Waals surface area contributed by atoms with Crippen LogP contribution < -0.4 is 5.73 Å². The molecule has 2 heteroatoms. The summed E-state index contributed by atoms with van der Waals surface area (Å²) in [5, 5.41) is 9.59. The number of aromatic hydroxyl groups is 1. The van der Waals surface area contributed by atoms with E-state index in [1.807, 2.05) is 18.2 Å². The minimum atomic E-state index is 0.177. The van der Waals surface area contributed by atoms with Gasteiger partial charge in [0.25, 0.3) is 0 Å². The number of phenols is 1. The maximum atomic E-state index is 9.59. The van der Waals surface area contributed by atoms with Crippen LogP contribution in [0.3, 0.4) is 0 Å². The number of aryl methyl sites for hydroxylation is 1. The Bertz CT molecular complexity index is 579. The first kappa shape index (κ1) is 12.1. The summed E-state index contributed by atoms with van der Waals surface area (Å²) < 4.78 is 0. The average Bonchev–Trinajstić information content (AvgIpc) is 2.40. The van der Waals surface area contributed by atoms with E-state index < -0.39 is 0 Å². The lowest BCUT2D eigenvalue weighted by atomic mass is 10.1. The van der Waals surface area contributed by atoms with Crippen molar-refractivity contribution < 1.29 is 5.11 Å². The van der Waals surface area contributed by atoms with Gasteiger partial charge in [-0.2, -0.15) is 0 Å². The fourth-order valence-electron chi connectivity index (χ4n) is 1.66. The van der Waals surface area contributed by atoms with Gasteiger partial charge in [0.05, 0.1) is 5.56 Å². The van der Waals surface area contributed by atoms with Crippen molar-refractivity contribution in [3.05, 3.63) is 59.7 Å². The van der Waals surface area contributed by atoms with Gasteiger partial charge in [-0.25, -0.2) is 0 Å². The monoisotopic (exact) mass is 237 g/mol. The van der Waals surface area contributed by atoms with E-state index in [0.29, 0.717) is 11.3 Å². The molecule has 0 spiro atoms. The number of nitrogen functional groups attached to an aromatic ring is 1. The first-order valence-corrected chi connectivity index (χ1v) is 5.87. The molecule has 2 rings (SSSR count). The van der Waals surface area contributed by atoms with Crippen LogP contribution in [0.2, 0.25) is 0 Å². The van der Waals surface area contributed by atoms with Crippen molar-refractivity contribution >= 4 is 5.69 Å². The predicted octanol–water partition coefficient (Wildman–Crippen LogP) is 2.96. The van der Waals surface area contributed by atoms with Crippen LogP contribution in [0.5, 0.6) is 5.75 Å². The van der Waals surface area contributed by atoms with Gasteiger partial charge in [-0.05, 0) is 30.2 Å². The molecule has 2 aromatic carbocycles. The summed E-state index contributed by atoms with van der Waals surface area (Å²) in [6.07, 6.45) is 1.68. The maximum Gasteiger partial charge on any atom is 0.131 e. The van der Waals surface area contributed by atoms with Crippen molar-refractivity contribution in [2.24, 2.45) is 0 Å². The lowest BCUT2D eigenvalue weighted by molar-refractivity contribution is 0.474. The molecule has 0 amide bonds. The lowest BCUT2D eigenvalue weighted by Crippen LogP contribution is -1.86. The van der Waals surface area contributed by atoms with E-state index in [1.54, 1.807) is 18.2 Å². The molecule has 0 saturated carbocycles. The SMILES string of the molecule is Nc1ccc(O)c(C#CCCc2ccccc2)c1. The zero-order valence-electron chi connectivity index (χ0n) is 10.1. The van der Waals surface area contributed by atoms with Crippen LogP contribution in [0.15, 0.2) is 48.5 Å². The van der Waals surface area contributed by atoms with Gasteiger partial charge in [-0.3, -0.25) is 0 Å². The molecule has 0 aliphatic rings. The number of benzene rings is 2. The summed E-state index contributed by atoms with van der Waals surface area (Å²) in [7, 11) is 0. The molecule has 2 aromatic rings. The first-order chi connectivity index (χ1) is 8.75. The fraction of sp³-hybridized carbons (Fsp3) is 0.125. The normalized spacial score (nSPS) is 9.56. The molecular weight excluding hydrogens is 222 g/mol. The summed E-state index contributed by atoms with van der Waals surface area (Å²) in [6, 6.07) is 15.1. The van der Waals surface area contributed by atoms with Gasteiger partial charge in [-0.15, -0.1) is 0 Å². The van der Waals surface area contributed by atoms with Gasteiger partial charge in [0.2, 0.25) is 0 Å². The average molecular weight is 237 g/mol. The lowest BCUT2D eigenvalue weighted by Gasteiger charge is -1.98. The van der Waals surface area contributed by atoms with Gasteiger partial charge < -0.3 is 10.8 Å². The second kappa shape index (κ2) is 5.79. The maximum absolute atomic E-state index is 9.59. The number of nitrogens with two attached hydrogens (primary N) is 1. The van der Waals surface area contributed by atoms with Crippen LogP contribution in [-0.4, -0.2) is 5.11 Å². The Kier molecular flexibility index (Phi) is 3.88. The molecule has 0 heterocycles. The van der Waals surface area contributed by atoms with Crippen molar-refractivity contribution in [1.29, 1.82) is 0 Å². The van der Waals surface area contributed by atoms with E-state index in [1.165, 1.54) is 5.56 Å². The number of hydrogen-bond acceptors (Lipinski definition) is 2. The minimum absolute atomic E-state index is 0.177. The van der Waals surface area contributed by atoms with Crippen LogP contribution >= 0.6 is 0 Å². The Labute approximate surface area is 107 Å². The molecule has 18 heavy (non-hydrogen) atoms. The molecule has 0 bridgehead atoms. The molecule has 0 aromatic heterocycles. The highest BCUT2D eigenvalue weighted by atomic mass is 16.3. The zero-order valence-corrected chi connectivity index (χ0v) is 10.1. The van der Waals surface area contributed by atoms with Gasteiger partial charge in [0.15, 0.2) is 0 Å². The summed E-state index contributed by atoms with van der Waals surface area (Å²) in [4.78, 5) is 0. The van der Waals surface area contributed by atoms with Crippen LogP contribution in [0.25, 0.3) is 0 Å². The highest BCUT2D eigenvalue weighted by Crippen LogP contribution is 2.18. The van der Waals surface area contributed by atoms with Crippen molar-refractivity contribution in [3.8, 4) is 17.6 Å². The van der Waals surface area contributed by atoms with E-state index in [2.05, 4.69) is 24.0 Å². The quantitative estimate of drug-likeness (QED) is 0.479. The molecular formula is C16H15NO. The van der Waals surface area contributed by atoms with Crippen molar-refractivity contribution in [2.45, 2.75) is 12.8 Å². The van der Waals surface area contributed by atoms with Crippen LogP contribution in [0.4, 0.5) is 5.69 Å². The number of phenolic OH excluding ortho intramolecular Hbond substituents is 1. The third-order valence-electron chi connectivity index (χ3n) is 2.63. The van der Waals surface area contributed by atoms with Gasteiger partial charge in [-0.1, -0.05) is 42.2 Å². The van der Waals surface area contributed by atoms with E-state index in [9.17, 15) is 5.11 Å². The molecule has 0 unspecified atom stereocenters. The highest BCUT2D eigenvalue weighted by Gasteiger charge is 1.97. The topological polar surface area (TPSA) is 46.2 Å². The first-order valence-electron chi connectivity index (χ1n) is 5.87. The smallest absolute Gasteiger partial charge is 0.131 e. The molecule has 2 nitrogen and oxygen atoms in total. The molecule has 90 valence electrons. The standard InChI is InChI=1S/C16H15NO/c17-15-10-11-16(18)14(12-15)9-5-4-8-13-6-2-1-3-7-13/h1-3,6-7,10-12,18H,4,8,17H2. The molecule has 0 atom stereocenters. The Hall–Kier alpha value is -2.40. The van der Waals surface area contributed by atoms with E-state index in [4.69, 9.17) is 5.73 Å². The second-order valence-corrected chi connectivity index (χ2v) is 4.06. The molecule has 0 fully saturated rings. The van der Waals surface area contributed by atoms with Gasteiger partial charge in [0, 0.05) is 12.1 Å². The predicted molar refractivity (Wildman–Crippen MR) is 74.2 cm³/mol. The number of anilines is 1. The second-order valence-electron chi connectivity index (χ2n) is 4.06. The van der Waals surface area contributed by atoms with Crippen LogP contribution in [-0.2, 0) is 6.42 Å². The fourth-order valence-corrected chi connectivity index (χ4v) is 1.66. The van der Waals surface area contributed by atoms with Crippen LogP contribution in [0.1, 0.15) is 17.5 Å². The third-order valence-corrected chi connectivity index (χ3v) is 2.63. The number of rotatable bonds is 2. The van der Waals surface area contributed by atoms with Crippen molar-refractivity contribution in [2.75, 3.05) is 5.73 Å². The molecule has 0 aliphatic heterocycles. The number of hydrogen-bond donors (Lipinski definition) is 2. The summed E-state index contributed by atoms with van der Waals surface area (Å²) in [5.74, 6) is 6.17. The molecule has 0 radical (unpaired) electrons. The van der Waals surface area contributed by atoms with Crippen molar-refractivity contribution in [1.82, 2.24) is 0 Å². The minimum Gasteiger partial charge on any atom is -0.507 e. The largest absolute Gasteiger partial charge is 0.507 e. The van der Waals surface area contributed by atoms with Gasteiger partial charge in [0.1, 0.15) is 5.75 Å². The molecule has 3 N–H and O–H groups in total. The highest BCUT2D eigenvalue weighted by molar-refractivity contribution is 5.54. The van der Waals surface area contributed by atoms with Crippen LogP contribution in [0, 0.1) is 11.8 Å². The summed E-state index contributed by atoms with van der Waals surface area (Å²) >= 11 is 0. The Balaban J connectivity index is 1.98. The van der Waals surface area contributed by atoms with E-state index >= 15 is 0 Å². The zero-order chi connectivity index (χ0) is 12.8. The summed E-state index contributed by atoms with van der Waals surface area (Å²) in [5.41, 5.74) is 8.11. The van der Waals surface area contributed by atoms with E-state index in [0.717, 1.165) is 12.8 Å². The Morgan fingerprint density at radius 1 is 1.06 bits per heavy atom. The Morgan fingerprint density at radius 3 is 2.61 bits per heavy atom. The summed E-state index contributed by atoms with van der Waals surface area (Å²) in [6.45, 7) is 0. The third kappa shape index (κ3) is 3.29. The molecule has 0 saturated heterocycles. The van der Waals surface area contributed by atoms with Gasteiger partial charge >= 0.3 is 0 Å². The molecule has 0 aliphatic carbocycles. The van der Waals surface area contributed by atoms with Crippen molar-refractivity contribution in [3.63, 3.8) is 0 Å². The van der Waals surface area contributed by atoms with E-state index in [-0.39, 0.29) is 5.75 Å². The Morgan fingerprint density at radius 2 is 1.83 bits per heavy atom.